The van der Waals surface area contributed by atoms with Gasteiger partial charge in [0.15, 0.2) is 11.5 Å². The van der Waals surface area contributed by atoms with E-state index in [9.17, 15) is 13.2 Å². The Labute approximate surface area is 195 Å². The predicted octanol–water partition coefficient (Wildman–Crippen LogP) is 3.94. The summed E-state index contributed by atoms with van der Waals surface area (Å²) in [6.45, 7) is 5.72. The molecule has 0 aliphatic carbocycles. The minimum absolute atomic E-state index is 0.209. The Balaban J connectivity index is 1.55. The second-order valence-corrected chi connectivity index (χ2v) is 10.3. The number of nitrogens with zero attached hydrogens (tertiary/aromatic N) is 2. The Morgan fingerprint density at radius 1 is 0.909 bits per heavy atom. The third-order valence-electron chi connectivity index (χ3n) is 6.40. The van der Waals surface area contributed by atoms with E-state index in [0.717, 1.165) is 36.8 Å². The zero-order valence-corrected chi connectivity index (χ0v) is 20.0. The first-order chi connectivity index (χ1) is 15.9. The van der Waals surface area contributed by atoms with E-state index in [0.29, 0.717) is 48.8 Å². The van der Waals surface area contributed by atoms with Gasteiger partial charge in [0.05, 0.1) is 19.1 Å². The molecular weight excluding hydrogens is 440 g/mol. The average molecular weight is 471 g/mol. The van der Waals surface area contributed by atoms with Gasteiger partial charge in [0, 0.05) is 36.5 Å². The Bertz CT molecular complexity index is 1150. The van der Waals surface area contributed by atoms with Crippen LogP contribution in [0.1, 0.15) is 47.2 Å². The maximum absolute atomic E-state index is 13.3. The second kappa shape index (κ2) is 9.57. The lowest BCUT2D eigenvalue weighted by atomic mass is 9.95. The Kier molecular flexibility index (Phi) is 6.76. The van der Waals surface area contributed by atoms with Gasteiger partial charge in [0.1, 0.15) is 0 Å². The fraction of sp³-hybridized carbons (Fsp3) is 0.400. The van der Waals surface area contributed by atoms with E-state index < -0.39 is 10.0 Å². The van der Waals surface area contributed by atoms with Crippen LogP contribution in [0.25, 0.3) is 5.70 Å². The summed E-state index contributed by atoms with van der Waals surface area (Å²) in [5.74, 6) is 1.01. The highest BCUT2D eigenvalue weighted by molar-refractivity contribution is 7.89. The summed E-state index contributed by atoms with van der Waals surface area (Å²) in [6.07, 6.45) is 4.53. The molecule has 0 bridgehead atoms. The SMILES string of the molecule is C=C1c2cc(OC)c(OC)cc2CCN1C(=O)c1ccc(S(=O)(=O)N2CCCCCC2)cc1. The van der Waals surface area contributed by atoms with Crippen molar-refractivity contribution in [3.8, 4) is 11.5 Å². The molecule has 2 aliphatic heterocycles. The molecular formula is C25H30N2O5S. The number of hydrogen-bond acceptors (Lipinski definition) is 5. The number of carbonyl (C=O) groups excluding carboxylic acids is 1. The quantitative estimate of drug-likeness (QED) is 0.662. The Morgan fingerprint density at radius 2 is 1.52 bits per heavy atom. The maximum Gasteiger partial charge on any atom is 0.258 e. The number of ether oxygens (including phenoxy) is 2. The summed E-state index contributed by atoms with van der Waals surface area (Å²) < 4.78 is 38.4. The van der Waals surface area contributed by atoms with Gasteiger partial charge < -0.3 is 14.4 Å². The second-order valence-electron chi connectivity index (χ2n) is 8.36. The highest BCUT2D eigenvalue weighted by atomic mass is 32.2. The minimum Gasteiger partial charge on any atom is -0.493 e. The van der Waals surface area contributed by atoms with Gasteiger partial charge in [0.2, 0.25) is 10.0 Å². The van der Waals surface area contributed by atoms with Gasteiger partial charge in [-0.15, -0.1) is 0 Å². The standard InChI is InChI=1S/C25H30N2O5S/c1-18-22-17-24(32-3)23(31-2)16-20(22)12-15-27(18)25(28)19-8-10-21(11-9-19)33(29,30)26-13-6-4-5-7-14-26/h8-11,16-17H,1,4-7,12-15H2,2-3H3. The summed E-state index contributed by atoms with van der Waals surface area (Å²) in [5.41, 5.74) is 2.89. The molecule has 1 saturated heterocycles. The average Bonchev–Trinajstić information content (AvgIpc) is 3.13. The largest absolute Gasteiger partial charge is 0.493 e. The van der Waals surface area contributed by atoms with E-state index in [4.69, 9.17) is 9.47 Å². The lowest BCUT2D eigenvalue weighted by Crippen LogP contribution is -2.35. The van der Waals surface area contributed by atoms with E-state index in [-0.39, 0.29) is 10.8 Å². The van der Waals surface area contributed by atoms with Crippen molar-refractivity contribution in [1.82, 2.24) is 9.21 Å². The summed E-state index contributed by atoms with van der Waals surface area (Å²) in [5, 5.41) is 0. The van der Waals surface area contributed by atoms with Crippen molar-refractivity contribution in [2.45, 2.75) is 37.0 Å². The topological polar surface area (TPSA) is 76.1 Å². The molecule has 0 unspecified atom stereocenters. The smallest absolute Gasteiger partial charge is 0.258 e. The van der Waals surface area contributed by atoms with Crippen molar-refractivity contribution in [2.24, 2.45) is 0 Å². The molecule has 2 aliphatic rings. The lowest BCUT2D eigenvalue weighted by Gasteiger charge is -2.31. The molecule has 1 fully saturated rings. The highest BCUT2D eigenvalue weighted by Gasteiger charge is 2.29. The van der Waals surface area contributed by atoms with Gasteiger partial charge in [-0.05, 0) is 61.2 Å². The zero-order valence-electron chi connectivity index (χ0n) is 19.2. The summed E-state index contributed by atoms with van der Waals surface area (Å²) in [6, 6.07) is 10.00. The molecule has 2 heterocycles. The van der Waals surface area contributed by atoms with Gasteiger partial charge >= 0.3 is 0 Å². The number of amides is 1. The van der Waals surface area contributed by atoms with Crippen molar-refractivity contribution in [1.29, 1.82) is 0 Å². The van der Waals surface area contributed by atoms with Gasteiger partial charge in [-0.1, -0.05) is 19.4 Å². The van der Waals surface area contributed by atoms with Crippen molar-refractivity contribution in [3.63, 3.8) is 0 Å². The lowest BCUT2D eigenvalue weighted by molar-refractivity contribution is 0.0833. The van der Waals surface area contributed by atoms with Crippen LogP contribution >= 0.6 is 0 Å². The molecule has 33 heavy (non-hydrogen) atoms. The molecule has 176 valence electrons. The predicted molar refractivity (Wildman–Crippen MR) is 127 cm³/mol. The fourth-order valence-electron chi connectivity index (χ4n) is 4.49. The molecule has 0 N–H and O–H groups in total. The summed E-state index contributed by atoms with van der Waals surface area (Å²) in [7, 11) is -0.392. The van der Waals surface area contributed by atoms with Gasteiger partial charge in [-0.3, -0.25) is 4.79 Å². The van der Waals surface area contributed by atoms with E-state index in [1.807, 2.05) is 12.1 Å². The van der Waals surface area contributed by atoms with Crippen LogP contribution < -0.4 is 9.47 Å². The third-order valence-corrected chi connectivity index (χ3v) is 8.31. The van der Waals surface area contributed by atoms with Crippen LogP contribution in [-0.4, -0.2) is 57.4 Å². The number of sulfonamides is 1. The number of rotatable bonds is 5. The number of fused-ring (bicyclic) bond motifs is 1. The Morgan fingerprint density at radius 3 is 2.12 bits per heavy atom. The van der Waals surface area contributed by atoms with E-state index >= 15 is 0 Å². The summed E-state index contributed by atoms with van der Waals surface area (Å²) >= 11 is 0. The monoisotopic (exact) mass is 470 g/mol. The van der Waals surface area contributed by atoms with E-state index in [1.54, 1.807) is 35.6 Å². The number of carbonyl (C=O) groups is 1. The fourth-order valence-corrected chi connectivity index (χ4v) is 6.01. The molecule has 1 amide bonds. The first-order valence-corrected chi connectivity index (χ1v) is 12.7. The number of hydrogen-bond donors (Lipinski definition) is 0. The third kappa shape index (κ3) is 4.50. The first kappa shape index (κ1) is 23.3. The Hall–Kier alpha value is -2.84. The van der Waals surface area contributed by atoms with Crippen LogP contribution in [-0.2, 0) is 16.4 Å². The zero-order chi connectivity index (χ0) is 23.6. The van der Waals surface area contributed by atoms with Gasteiger partial charge in [0.25, 0.3) is 5.91 Å². The molecule has 0 spiro atoms. The number of methoxy groups -OCH3 is 2. The van der Waals surface area contributed by atoms with Crippen LogP contribution in [0.4, 0.5) is 0 Å². The normalized spacial score (nSPS) is 17.3. The molecule has 0 saturated carbocycles. The van der Waals surface area contributed by atoms with Crippen LogP contribution in [0, 0.1) is 0 Å². The first-order valence-electron chi connectivity index (χ1n) is 11.2. The van der Waals surface area contributed by atoms with Crippen LogP contribution in [0.3, 0.4) is 0 Å². The van der Waals surface area contributed by atoms with Crippen molar-refractivity contribution in [3.05, 3.63) is 59.7 Å². The molecule has 4 rings (SSSR count). The van der Waals surface area contributed by atoms with E-state index in [1.165, 1.54) is 12.1 Å². The van der Waals surface area contributed by atoms with Crippen LogP contribution in [0.5, 0.6) is 11.5 Å². The molecule has 0 atom stereocenters. The molecule has 7 nitrogen and oxygen atoms in total. The molecule has 2 aromatic carbocycles. The van der Waals surface area contributed by atoms with Crippen LogP contribution in [0.2, 0.25) is 0 Å². The molecule has 0 aromatic heterocycles. The maximum atomic E-state index is 13.3. The molecule has 2 aromatic rings. The number of benzene rings is 2. The summed E-state index contributed by atoms with van der Waals surface area (Å²) in [4.78, 5) is 15.1. The molecule has 0 radical (unpaired) electrons. The van der Waals surface area contributed by atoms with Crippen molar-refractivity contribution in [2.75, 3.05) is 33.9 Å². The van der Waals surface area contributed by atoms with Crippen LogP contribution in [0.15, 0.2) is 47.9 Å². The van der Waals surface area contributed by atoms with Gasteiger partial charge in [-0.2, -0.15) is 4.31 Å². The molecule has 8 heteroatoms. The van der Waals surface area contributed by atoms with Crippen molar-refractivity contribution < 1.29 is 22.7 Å². The van der Waals surface area contributed by atoms with E-state index in [2.05, 4.69) is 6.58 Å². The highest BCUT2D eigenvalue weighted by Crippen LogP contribution is 2.37. The minimum atomic E-state index is -3.55. The van der Waals surface area contributed by atoms with Crippen molar-refractivity contribution >= 4 is 21.6 Å². The van der Waals surface area contributed by atoms with Gasteiger partial charge in [-0.25, -0.2) is 8.42 Å².